The summed E-state index contributed by atoms with van der Waals surface area (Å²) in [6.07, 6.45) is 1.05. The van der Waals surface area contributed by atoms with Crippen molar-refractivity contribution >= 4 is 17.2 Å². The maximum Gasteiger partial charge on any atom is 0.373 e. The first-order chi connectivity index (χ1) is 10.0. The Hall–Kier alpha value is -2.70. The Morgan fingerprint density at radius 3 is 2.48 bits per heavy atom. The lowest BCUT2D eigenvalue weighted by molar-refractivity contribution is -0.385. The van der Waals surface area contributed by atoms with Crippen molar-refractivity contribution in [1.82, 2.24) is 9.97 Å². The number of anilines is 2. The minimum absolute atomic E-state index is 0.0252. The molecule has 0 spiro atoms. The van der Waals surface area contributed by atoms with Gasteiger partial charge >= 0.3 is 5.69 Å². The van der Waals surface area contributed by atoms with Gasteiger partial charge in [-0.3, -0.25) is 10.1 Å². The molecule has 0 unspecified atom stereocenters. The van der Waals surface area contributed by atoms with Gasteiger partial charge in [0.05, 0.1) is 11.0 Å². The van der Waals surface area contributed by atoms with Crippen LogP contribution in [-0.2, 0) is 0 Å². The molecule has 0 aliphatic carbocycles. The normalized spacial score (nSPS) is 10.5. The molecule has 0 fully saturated rings. The van der Waals surface area contributed by atoms with Crippen molar-refractivity contribution in [1.29, 1.82) is 0 Å². The largest absolute Gasteiger partial charge is 0.470 e. The highest BCUT2D eigenvalue weighted by atomic mass is 16.6. The van der Waals surface area contributed by atoms with Gasteiger partial charge in [0.25, 0.3) is 5.88 Å². The molecule has 0 aliphatic rings. The van der Waals surface area contributed by atoms with Crippen molar-refractivity contribution in [2.75, 3.05) is 11.9 Å². The monoisotopic (exact) mass is 288 g/mol. The first kappa shape index (κ1) is 14.7. The van der Waals surface area contributed by atoms with Crippen LogP contribution >= 0.6 is 0 Å². The minimum Gasteiger partial charge on any atom is -0.470 e. The average Bonchev–Trinajstić information content (AvgIpc) is 2.46. The third-order valence-electron chi connectivity index (χ3n) is 2.76. The van der Waals surface area contributed by atoms with Crippen molar-refractivity contribution < 1.29 is 9.66 Å². The molecular weight excluding hydrogens is 272 g/mol. The summed E-state index contributed by atoms with van der Waals surface area (Å²) < 4.78 is 5.41. The number of aromatic nitrogens is 2. The highest BCUT2D eigenvalue weighted by Gasteiger charge is 2.27. The van der Waals surface area contributed by atoms with E-state index in [2.05, 4.69) is 9.97 Å². The molecule has 0 saturated carbocycles. The fourth-order valence-corrected chi connectivity index (χ4v) is 1.84. The van der Waals surface area contributed by atoms with E-state index in [-0.39, 0.29) is 23.5 Å². The molecule has 2 aromatic rings. The molecule has 0 radical (unpaired) electrons. The van der Waals surface area contributed by atoms with Crippen LogP contribution in [0.25, 0.3) is 0 Å². The molecule has 0 aliphatic heterocycles. The number of para-hydroxylation sites is 1. The average molecular weight is 288 g/mol. The first-order valence-corrected chi connectivity index (χ1v) is 6.45. The van der Waals surface area contributed by atoms with E-state index < -0.39 is 4.92 Å². The van der Waals surface area contributed by atoms with Crippen molar-refractivity contribution in [3.05, 3.63) is 46.8 Å². The predicted molar refractivity (Wildman–Crippen MR) is 79.0 cm³/mol. The second-order valence-corrected chi connectivity index (χ2v) is 4.67. The van der Waals surface area contributed by atoms with Gasteiger partial charge in [-0.05, 0) is 26.0 Å². The van der Waals surface area contributed by atoms with Crippen LogP contribution in [0.15, 0.2) is 36.7 Å². The van der Waals surface area contributed by atoms with Crippen molar-refractivity contribution in [2.24, 2.45) is 0 Å². The number of rotatable bonds is 5. The van der Waals surface area contributed by atoms with E-state index in [4.69, 9.17) is 4.74 Å². The summed E-state index contributed by atoms with van der Waals surface area (Å²) in [6, 6.07) is 9.26. The molecule has 21 heavy (non-hydrogen) atoms. The fraction of sp³-hybridized carbons (Fsp3) is 0.286. The molecule has 1 heterocycles. The van der Waals surface area contributed by atoms with Gasteiger partial charge in [-0.25, -0.2) is 4.98 Å². The molecule has 110 valence electrons. The van der Waals surface area contributed by atoms with Crippen LogP contribution in [0.5, 0.6) is 5.88 Å². The molecular formula is C14H16N4O3. The van der Waals surface area contributed by atoms with Crippen LogP contribution in [0.3, 0.4) is 0 Å². The first-order valence-electron chi connectivity index (χ1n) is 6.45. The van der Waals surface area contributed by atoms with Gasteiger partial charge in [-0.1, -0.05) is 18.2 Å². The molecule has 2 rings (SSSR count). The zero-order chi connectivity index (χ0) is 15.4. The fourth-order valence-electron chi connectivity index (χ4n) is 1.84. The number of ether oxygens (including phenoxy) is 1. The Morgan fingerprint density at radius 1 is 1.24 bits per heavy atom. The number of benzene rings is 1. The van der Waals surface area contributed by atoms with Crippen LogP contribution < -0.4 is 9.64 Å². The quantitative estimate of drug-likeness (QED) is 0.621. The van der Waals surface area contributed by atoms with E-state index >= 15 is 0 Å². The smallest absolute Gasteiger partial charge is 0.373 e. The highest BCUT2D eigenvalue weighted by Crippen LogP contribution is 2.36. The molecule has 1 aromatic heterocycles. The number of nitrogens with zero attached hydrogens (tertiary/aromatic N) is 4. The second-order valence-electron chi connectivity index (χ2n) is 4.67. The Labute approximate surface area is 122 Å². The third kappa shape index (κ3) is 3.25. The van der Waals surface area contributed by atoms with Gasteiger partial charge in [0, 0.05) is 12.7 Å². The van der Waals surface area contributed by atoms with E-state index in [1.165, 1.54) is 6.33 Å². The summed E-state index contributed by atoms with van der Waals surface area (Å²) in [5.74, 6) is 0.166. The molecule has 0 N–H and O–H groups in total. The molecule has 7 heteroatoms. The summed E-state index contributed by atoms with van der Waals surface area (Å²) in [7, 11) is 1.71. The van der Waals surface area contributed by atoms with Gasteiger partial charge < -0.3 is 9.64 Å². The zero-order valence-corrected chi connectivity index (χ0v) is 12.1. The molecule has 0 amide bonds. The lowest BCUT2D eigenvalue weighted by Gasteiger charge is -2.19. The lowest BCUT2D eigenvalue weighted by Crippen LogP contribution is -2.16. The third-order valence-corrected chi connectivity index (χ3v) is 2.76. The van der Waals surface area contributed by atoms with Crippen molar-refractivity contribution in [3.63, 3.8) is 0 Å². The molecule has 1 aromatic carbocycles. The zero-order valence-electron chi connectivity index (χ0n) is 12.1. The van der Waals surface area contributed by atoms with Crippen LogP contribution in [0.2, 0.25) is 0 Å². The molecule has 0 bridgehead atoms. The Morgan fingerprint density at radius 2 is 1.90 bits per heavy atom. The summed E-state index contributed by atoms with van der Waals surface area (Å²) in [5, 5.41) is 11.4. The maximum atomic E-state index is 11.4. The van der Waals surface area contributed by atoms with E-state index in [9.17, 15) is 10.1 Å². The summed E-state index contributed by atoms with van der Waals surface area (Å²) in [6.45, 7) is 3.57. The van der Waals surface area contributed by atoms with E-state index in [0.717, 1.165) is 5.69 Å². The van der Waals surface area contributed by atoms with Gasteiger partial charge in [0.1, 0.15) is 6.33 Å². The van der Waals surface area contributed by atoms with Gasteiger partial charge in [0.15, 0.2) is 0 Å². The van der Waals surface area contributed by atoms with Crippen molar-refractivity contribution in [3.8, 4) is 5.88 Å². The van der Waals surface area contributed by atoms with Crippen molar-refractivity contribution in [2.45, 2.75) is 20.0 Å². The lowest BCUT2D eigenvalue weighted by atomic mass is 10.3. The minimum atomic E-state index is -0.521. The Bertz CT molecular complexity index is 631. The van der Waals surface area contributed by atoms with Crippen LogP contribution in [-0.4, -0.2) is 28.0 Å². The van der Waals surface area contributed by atoms with Crippen LogP contribution in [0.1, 0.15) is 13.8 Å². The Balaban J connectivity index is 2.50. The molecule has 7 nitrogen and oxygen atoms in total. The summed E-state index contributed by atoms with van der Waals surface area (Å²) >= 11 is 0. The number of hydrogen-bond donors (Lipinski definition) is 0. The van der Waals surface area contributed by atoms with Gasteiger partial charge in [-0.2, -0.15) is 4.98 Å². The number of hydrogen-bond acceptors (Lipinski definition) is 6. The molecule has 0 atom stereocenters. The second kappa shape index (κ2) is 6.17. The Kier molecular flexibility index (Phi) is 4.32. The number of nitro groups is 1. The summed E-state index contributed by atoms with van der Waals surface area (Å²) in [5.41, 5.74) is 0.548. The van der Waals surface area contributed by atoms with Crippen LogP contribution in [0.4, 0.5) is 17.2 Å². The predicted octanol–water partition coefficient (Wildman–Crippen LogP) is 2.94. The highest BCUT2D eigenvalue weighted by molar-refractivity contribution is 5.70. The van der Waals surface area contributed by atoms with Crippen LogP contribution in [0, 0.1) is 10.1 Å². The SMILES string of the molecule is CC(C)Oc1ncnc(N(C)c2ccccc2)c1[N+](=O)[O-]. The summed E-state index contributed by atoms with van der Waals surface area (Å²) in [4.78, 5) is 20.4. The van der Waals surface area contributed by atoms with E-state index in [1.807, 2.05) is 30.3 Å². The van der Waals surface area contributed by atoms with Gasteiger partial charge in [-0.15, -0.1) is 0 Å². The standard InChI is InChI=1S/C14H16N4O3/c1-10(2)21-14-12(18(19)20)13(15-9-16-14)17(3)11-7-5-4-6-8-11/h4-10H,1-3H3. The van der Waals surface area contributed by atoms with E-state index in [0.29, 0.717) is 0 Å². The van der Waals surface area contributed by atoms with E-state index in [1.54, 1.807) is 25.8 Å². The van der Waals surface area contributed by atoms with Gasteiger partial charge in [0.2, 0.25) is 5.82 Å². The topological polar surface area (TPSA) is 81.4 Å². The molecule has 0 saturated heterocycles. The maximum absolute atomic E-state index is 11.4.